The molecule has 0 aromatic rings. The molecule has 1 saturated carbocycles. The molecule has 0 unspecified atom stereocenters. The number of carbonyl (C=O) groups excluding carboxylic acids is 2. The average molecular weight is 323 g/mol. The zero-order chi connectivity index (χ0) is 16.4. The highest BCUT2D eigenvalue weighted by Gasteiger charge is 2.44. The maximum atomic E-state index is 12.4. The predicted octanol–water partition coefficient (Wildman–Crippen LogP) is 0.350. The second-order valence-electron chi connectivity index (χ2n) is 7.46. The molecule has 2 heterocycles. The minimum absolute atomic E-state index is 0.00687. The molecule has 130 valence electrons. The van der Waals surface area contributed by atoms with Crippen molar-refractivity contribution in [1.29, 1.82) is 0 Å². The molecule has 2 saturated heterocycles. The molecular formula is C17H29N3O3. The molecule has 6 nitrogen and oxygen atoms in total. The Labute approximate surface area is 138 Å². The van der Waals surface area contributed by atoms with Gasteiger partial charge in [-0.05, 0) is 51.0 Å². The second kappa shape index (κ2) is 6.77. The van der Waals surface area contributed by atoms with Crippen LogP contribution in [0, 0.1) is 5.41 Å². The Hall–Kier alpha value is -1.14. The summed E-state index contributed by atoms with van der Waals surface area (Å²) in [4.78, 5) is 28.6. The fourth-order valence-corrected chi connectivity index (χ4v) is 4.20. The van der Waals surface area contributed by atoms with Gasteiger partial charge in [-0.2, -0.15) is 0 Å². The standard InChI is InChI=1S/C17H29N3O3/c1-18-14(11-21)16(23)19-9-7-17(8-10-19)6-5-15(22)20(12-17)13-3-2-4-13/h13-14,18,21H,2-12H2,1H3/t14-/m0/s1. The van der Waals surface area contributed by atoms with Gasteiger partial charge in [0.1, 0.15) is 6.04 Å². The molecule has 0 radical (unpaired) electrons. The molecular weight excluding hydrogens is 294 g/mol. The van der Waals surface area contributed by atoms with Gasteiger partial charge in [-0.25, -0.2) is 0 Å². The zero-order valence-electron chi connectivity index (χ0n) is 14.1. The lowest BCUT2D eigenvalue weighted by Crippen LogP contribution is -2.57. The molecule has 3 fully saturated rings. The molecule has 6 heteroatoms. The number of aliphatic hydroxyl groups is 1. The van der Waals surface area contributed by atoms with Gasteiger partial charge in [-0.15, -0.1) is 0 Å². The van der Waals surface area contributed by atoms with Gasteiger partial charge in [0, 0.05) is 32.1 Å². The third-order valence-corrected chi connectivity index (χ3v) is 6.18. The van der Waals surface area contributed by atoms with E-state index in [-0.39, 0.29) is 17.9 Å². The molecule has 2 amide bonds. The van der Waals surface area contributed by atoms with Crippen LogP contribution in [0.4, 0.5) is 0 Å². The lowest BCUT2D eigenvalue weighted by Gasteiger charge is -2.51. The Morgan fingerprint density at radius 2 is 2.04 bits per heavy atom. The Kier molecular flexibility index (Phi) is 4.92. The largest absolute Gasteiger partial charge is 0.394 e. The van der Waals surface area contributed by atoms with Crippen molar-refractivity contribution >= 4 is 11.8 Å². The smallest absolute Gasteiger partial charge is 0.242 e. The van der Waals surface area contributed by atoms with Crippen LogP contribution < -0.4 is 5.32 Å². The molecule has 23 heavy (non-hydrogen) atoms. The van der Waals surface area contributed by atoms with Crippen LogP contribution in [0.3, 0.4) is 0 Å². The van der Waals surface area contributed by atoms with Crippen LogP contribution in [0.5, 0.6) is 0 Å². The number of carbonyl (C=O) groups is 2. The SMILES string of the molecule is CN[C@@H](CO)C(=O)N1CCC2(CCC(=O)N(C3CCC3)C2)CC1. The predicted molar refractivity (Wildman–Crippen MR) is 86.8 cm³/mol. The van der Waals surface area contributed by atoms with Gasteiger partial charge in [-0.3, -0.25) is 9.59 Å². The Morgan fingerprint density at radius 1 is 1.35 bits per heavy atom. The topological polar surface area (TPSA) is 72.9 Å². The van der Waals surface area contributed by atoms with Crippen molar-refractivity contribution in [3.63, 3.8) is 0 Å². The first-order chi connectivity index (χ1) is 11.1. The van der Waals surface area contributed by atoms with Crippen molar-refractivity contribution in [3.05, 3.63) is 0 Å². The highest BCUT2D eigenvalue weighted by atomic mass is 16.3. The lowest BCUT2D eigenvalue weighted by atomic mass is 9.71. The van der Waals surface area contributed by atoms with Crippen molar-refractivity contribution in [3.8, 4) is 0 Å². The Bertz CT molecular complexity index is 452. The first-order valence-electron chi connectivity index (χ1n) is 8.95. The van der Waals surface area contributed by atoms with E-state index in [4.69, 9.17) is 0 Å². The van der Waals surface area contributed by atoms with Crippen LogP contribution in [-0.2, 0) is 9.59 Å². The number of likely N-dealkylation sites (N-methyl/N-ethyl adjacent to an activating group) is 1. The zero-order valence-corrected chi connectivity index (χ0v) is 14.1. The number of amides is 2. The van der Waals surface area contributed by atoms with Gasteiger partial charge >= 0.3 is 0 Å². The number of piperidine rings is 2. The lowest BCUT2D eigenvalue weighted by molar-refractivity contribution is -0.147. The maximum absolute atomic E-state index is 12.4. The minimum Gasteiger partial charge on any atom is -0.394 e. The number of nitrogens with zero attached hydrogens (tertiary/aromatic N) is 2. The van der Waals surface area contributed by atoms with E-state index in [9.17, 15) is 14.7 Å². The van der Waals surface area contributed by atoms with Crippen LogP contribution in [0.1, 0.15) is 44.9 Å². The Morgan fingerprint density at radius 3 is 2.57 bits per heavy atom. The van der Waals surface area contributed by atoms with Gasteiger partial charge in [0.15, 0.2) is 0 Å². The van der Waals surface area contributed by atoms with E-state index < -0.39 is 6.04 Å². The number of hydrogen-bond donors (Lipinski definition) is 2. The molecule has 1 atom stereocenters. The molecule has 2 N–H and O–H groups in total. The molecule has 3 aliphatic rings. The quantitative estimate of drug-likeness (QED) is 0.783. The molecule has 1 aliphatic carbocycles. The van der Waals surface area contributed by atoms with E-state index in [1.165, 1.54) is 6.42 Å². The maximum Gasteiger partial charge on any atom is 0.242 e. The third-order valence-electron chi connectivity index (χ3n) is 6.18. The van der Waals surface area contributed by atoms with Gasteiger partial charge in [-0.1, -0.05) is 0 Å². The Balaban J connectivity index is 1.59. The summed E-state index contributed by atoms with van der Waals surface area (Å²) in [7, 11) is 1.70. The molecule has 2 aliphatic heterocycles. The summed E-state index contributed by atoms with van der Waals surface area (Å²) in [6.45, 7) is 2.20. The fourth-order valence-electron chi connectivity index (χ4n) is 4.20. The fraction of sp³-hybridized carbons (Fsp3) is 0.882. The summed E-state index contributed by atoms with van der Waals surface area (Å²) in [6.07, 6.45) is 7.14. The van der Waals surface area contributed by atoms with E-state index >= 15 is 0 Å². The molecule has 3 rings (SSSR count). The number of hydrogen-bond acceptors (Lipinski definition) is 4. The van der Waals surface area contributed by atoms with Crippen LogP contribution in [0.2, 0.25) is 0 Å². The third kappa shape index (κ3) is 3.24. The summed E-state index contributed by atoms with van der Waals surface area (Å²) in [5.74, 6) is 0.321. The summed E-state index contributed by atoms with van der Waals surface area (Å²) in [5, 5.41) is 12.1. The summed E-state index contributed by atoms with van der Waals surface area (Å²) < 4.78 is 0. The van der Waals surface area contributed by atoms with E-state index in [1.807, 2.05) is 4.90 Å². The molecule has 0 aromatic carbocycles. The van der Waals surface area contributed by atoms with Crippen molar-refractivity contribution in [2.75, 3.05) is 33.3 Å². The van der Waals surface area contributed by atoms with Gasteiger partial charge in [0.2, 0.25) is 11.8 Å². The molecule has 0 aromatic heterocycles. The highest BCUT2D eigenvalue weighted by molar-refractivity contribution is 5.82. The summed E-state index contributed by atoms with van der Waals surface area (Å²) >= 11 is 0. The van der Waals surface area contributed by atoms with Gasteiger partial charge < -0.3 is 20.2 Å². The van der Waals surface area contributed by atoms with Gasteiger partial charge in [0.25, 0.3) is 0 Å². The van der Waals surface area contributed by atoms with Crippen LogP contribution in [0.25, 0.3) is 0 Å². The van der Waals surface area contributed by atoms with Gasteiger partial charge in [0.05, 0.1) is 6.61 Å². The van der Waals surface area contributed by atoms with Crippen molar-refractivity contribution in [1.82, 2.24) is 15.1 Å². The summed E-state index contributed by atoms with van der Waals surface area (Å²) in [6, 6.07) is -0.0224. The van der Waals surface area contributed by atoms with Crippen molar-refractivity contribution in [2.24, 2.45) is 5.41 Å². The number of nitrogens with one attached hydrogen (secondary N) is 1. The van der Waals surface area contributed by atoms with E-state index in [0.29, 0.717) is 18.4 Å². The summed E-state index contributed by atoms with van der Waals surface area (Å²) in [5.41, 5.74) is 0.203. The average Bonchev–Trinajstić information content (AvgIpc) is 2.51. The first kappa shape index (κ1) is 16.7. The van der Waals surface area contributed by atoms with Crippen LogP contribution >= 0.6 is 0 Å². The number of aliphatic hydroxyl groups excluding tert-OH is 1. The van der Waals surface area contributed by atoms with Crippen molar-refractivity contribution in [2.45, 2.75) is 57.0 Å². The first-order valence-corrected chi connectivity index (χ1v) is 8.95. The monoisotopic (exact) mass is 323 g/mol. The highest BCUT2D eigenvalue weighted by Crippen LogP contribution is 2.42. The molecule has 0 bridgehead atoms. The van der Waals surface area contributed by atoms with E-state index in [2.05, 4.69) is 10.2 Å². The number of likely N-dealkylation sites (tertiary alicyclic amines) is 2. The second-order valence-corrected chi connectivity index (χ2v) is 7.46. The van der Waals surface area contributed by atoms with E-state index in [0.717, 1.165) is 51.7 Å². The molecule has 1 spiro atoms. The normalized spacial score (nSPS) is 26.3. The van der Waals surface area contributed by atoms with Crippen molar-refractivity contribution < 1.29 is 14.7 Å². The van der Waals surface area contributed by atoms with Crippen LogP contribution in [-0.4, -0.2) is 72.1 Å². The number of rotatable bonds is 4. The van der Waals surface area contributed by atoms with Crippen LogP contribution in [0.15, 0.2) is 0 Å². The minimum atomic E-state index is -0.497. The van der Waals surface area contributed by atoms with E-state index in [1.54, 1.807) is 7.05 Å².